The molecule has 0 aliphatic heterocycles. The highest BCUT2D eigenvalue weighted by molar-refractivity contribution is 5.13. The lowest BCUT2D eigenvalue weighted by molar-refractivity contribution is 0.100. The molecule has 4 heteroatoms. The van der Waals surface area contributed by atoms with Crippen molar-refractivity contribution in [2.75, 3.05) is 19.9 Å². The smallest absolute Gasteiger partial charge is 0.109 e. The van der Waals surface area contributed by atoms with Gasteiger partial charge in [0.2, 0.25) is 0 Å². The third-order valence-corrected chi connectivity index (χ3v) is 2.37. The Kier molecular flexibility index (Phi) is 8.50. The molecule has 0 saturated heterocycles. The fraction of sp³-hybridized carbons (Fsp3) is 0.538. The lowest BCUT2D eigenvalue weighted by atomic mass is 10.2. The van der Waals surface area contributed by atoms with Crippen molar-refractivity contribution in [1.82, 2.24) is 5.43 Å². The summed E-state index contributed by atoms with van der Waals surface area (Å²) in [6, 6.07) is 10.2. The lowest BCUT2D eigenvalue weighted by Crippen LogP contribution is -2.25. The van der Waals surface area contributed by atoms with Gasteiger partial charge in [-0.05, 0) is 24.8 Å². The molecule has 17 heavy (non-hydrogen) atoms. The Hall–Kier alpha value is -0.940. The van der Waals surface area contributed by atoms with Crippen LogP contribution in [0.2, 0.25) is 0 Å². The van der Waals surface area contributed by atoms with Crippen molar-refractivity contribution >= 4 is 0 Å². The summed E-state index contributed by atoms with van der Waals surface area (Å²) in [5, 5.41) is 0. The highest BCUT2D eigenvalue weighted by Gasteiger charge is 1.93. The first-order valence-corrected chi connectivity index (χ1v) is 6.06. The molecule has 0 aliphatic carbocycles. The molecule has 0 bridgehead atoms. The van der Waals surface area contributed by atoms with E-state index >= 15 is 0 Å². The van der Waals surface area contributed by atoms with Gasteiger partial charge in [0.05, 0.1) is 6.61 Å². The third-order valence-electron chi connectivity index (χ3n) is 2.37. The normalized spacial score (nSPS) is 10.6. The van der Waals surface area contributed by atoms with Gasteiger partial charge in [0, 0.05) is 13.2 Å². The van der Waals surface area contributed by atoms with E-state index in [1.165, 1.54) is 5.56 Å². The molecule has 1 aromatic rings. The maximum atomic E-state index is 5.57. The van der Waals surface area contributed by atoms with Crippen LogP contribution in [-0.2, 0) is 16.1 Å². The van der Waals surface area contributed by atoms with Gasteiger partial charge in [-0.2, -0.15) is 0 Å². The third kappa shape index (κ3) is 7.88. The van der Waals surface area contributed by atoms with Gasteiger partial charge < -0.3 is 9.47 Å². The highest BCUT2D eigenvalue weighted by Crippen LogP contribution is 2.02. The van der Waals surface area contributed by atoms with E-state index in [2.05, 4.69) is 17.6 Å². The van der Waals surface area contributed by atoms with Crippen LogP contribution in [0.4, 0.5) is 0 Å². The highest BCUT2D eigenvalue weighted by atomic mass is 16.5. The summed E-state index contributed by atoms with van der Waals surface area (Å²) in [6.07, 6.45) is 3.25. The van der Waals surface area contributed by atoms with Gasteiger partial charge >= 0.3 is 0 Å². The van der Waals surface area contributed by atoms with Crippen molar-refractivity contribution in [3.63, 3.8) is 0 Å². The van der Waals surface area contributed by atoms with Crippen LogP contribution >= 0.6 is 0 Å². The maximum Gasteiger partial charge on any atom is 0.109 e. The van der Waals surface area contributed by atoms with Crippen molar-refractivity contribution in [1.29, 1.82) is 0 Å². The van der Waals surface area contributed by atoms with Crippen LogP contribution in [0.3, 0.4) is 0 Å². The number of ether oxygens (including phenoxy) is 2. The minimum absolute atomic E-state index is 0.421. The van der Waals surface area contributed by atoms with Crippen LogP contribution in [0.25, 0.3) is 0 Å². The second kappa shape index (κ2) is 10.2. The predicted octanol–water partition coefficient (Wildman–Crippen LogP) is 1.81. The van der Waals surface area contributed by atoms with Crippen molar-refractivity contribution in [3.05, 3.63) is 35.9 Å². The molecule has 0 spiro atoms. The average molecular weight is 238 g/mol. The summed E-state index contributed by atoms with van der Waals surface area (Å²) in [7, 11) is 0. The van der Waals surface area contributed by atoms with Crippen LogP contribution in [0.15, 0.2) is 30.3 Å². The number of benzene rings is 1. The molecular weight excluding hydrogens is 216 g/mol. The molecule has 0 radical (unpaired) electrons. The molecule has 0 atom stereocenters. The SMILES string of the molecule is NNCOCCCCCOCc1ccccc1. The topological polar surface area (TPSA) is 56.5 Å². The minimum atomic E-state index is 0.421. The van der Waals surface area contributed by atoms with Gasteiger partial charge in [0.15, 0.2) is 0 Å². The van der Waals surface area contributed by atoms with Crippen molar-refractivity contribution in [2.24, 2.45) is 5.84 Å². The second-order valence-corrected chi connectivity index (χ2v) is 3.86. The Morgan fingerprint density at radius 3 is 2.35 bits per heavy atom. The van der Waals surface area contributed by atoms with E-state index in [1.807, 2.05) is 18.2 Å². The van der Waals surface area contributed by atoms with E-state index < -0.39 is 0 Å². The van der Waals surface area contributed by atoms with Crippen molar-refractivity contribution in [2.45, 2.75) is 25.9 Å². The Bertz CT molecular complexity index is 267. The first kappa shape index (κ1) is 14.1. The van der Waals surface area contributed by atoms with Crippen LogP contribution < -0.4 is 11.3 Å². The minimum Gasteiger partial charge on any atom is -0.377 e. The molecule has 0 fully saturated rings. The fourth-order valence-electron chi connectivity index (χ4n) is 1.48. The van der Waals surface area contributed by atoms with Crippen LogP contribution in [-0.4, -0.2) is 19.9 Å². The van der Waals surface area contributed by atoms with E-state index in [1.54, 1.807) is 0 Å². The Balaban J connectivity index is 1.85. The van der Waals surface area contributed by atoms with Crippen molar-refractivity contribution in [3.8, 4) is 0 Å². The summed E-state index contributed by atoms with van der Waals surface area (Å²) >= 11 is 0. The number of nitrogens with two attached hydrogens (primary N) is 1. The quantitative estimate of drug-likeness (QED) is 0.282. The predicted molar refractivity (Wildman–Crippen MR) is 68.1 cm³/mol. The summed E-state index contributed by atoms with van der Waals surface area (Å²) in [5.41, 5.74) is 3.68. The monoisotopic (exact) mass is 238 g/mol. The van der Waals surface area contributed by atoms with Crippen LogP contribution in [0.1, 0.15) is 24.8 Å². The number of unbranched alkanes of at least 4 members (excludes halogenated alkanes) is 2. The van der Waals surface area contributed by atoms with Crippen molar-refractivity contribution < 1.29 is 9.47 Å². The number of rotatable bonds is 10. The number of nitrogens with one attached hydrogen (secondary N) is 1. The Morgan fingerprint density at radius 1 is 0.941 bits per heavy atom. The van der Waals surface area contributed by atoms with E-state index in [4.69, 9.17) is 15.3 Å². The molecule has 0 saturated carbocycles. The maximum absolute atomic E-state index is 5.57. The first-order valence-electron chi connectivity index (χ1n) is 6.06. The molecule has 1 rings (SSSR count). The zero-order chi connectivity index (χ0) is 12.2. The van der Waals surface area contributed by atoms with Crippen LogP contribution in [0, 0.1) is 0 Å². The first-order chi connectivity index (χ1) is 8.43. The van der Waals surface area contributed by atoms with Gasteiger partial charge in [-0.1, -0.05) is 30.3 Å². The largest absolute Gasteiger partial charge is 0.377 e. The second-order valence-electron chi connectivity index (χ2n) is 3.86. The summed E-state index contributed by atoms with van der Waals surface area (Å²) in [4.78, 5) is 0. The number of hydrazine groups is 1. The summed E-state index contributed by atoms with van der Waals surface area (Å²) < 4.78 is 10.8. The molecule has 0 heterocycles. The van der Waals surface area contributed by atoms with Crippen LogP contribution in [0.5, 0.6) is 0 Å². The molecule has 0 unspecified atom stereocenters. The van der Waals surface area contributed by atoms with Gasteiger partial charge in [0.1, 0.15) is 6.73 Å². The molecule has 4 nitrogen and oxygen atoms in total. The van der Waals surface area contributed by atoms with E-state index in [0.717, 1.165) is 32.5 Å². The average Bonchev–Trinajstić information content (AvgIpc) is 2.38. The lowest BCUT2D eigenvalue weighted by Gasteiger charge is -2.05. The van der Waals surface area contributed by atoms with E-state index in [9.17, 15) is 0 Å². The number of hydrogen-bond acceptors (Lipinski definition) is 4. The summed E-state index contributed by atoms with van der Waals surface area (Å²) in [5.74, 6) is 5.07. The number of hydrogen-bond donors (Lipinski definition) is 2. The molecule has 0 amide bonds. The zero-order valence-electron chi connectivity index (χ0n) is 10.2. The summed E-state index contributed by atoms with van der Waals surface area (Å²) in [6.45, 7) is 2.69. The van der Waals surface area contributed by atoms with Gasteiger partial charge in [0.25, 0.3) is 0 Å². The molecule has 1 aromatic carbocycles. The molecule has 0 aromatic heterocycles. The molecule has 96 valence electrons. The van der Waals surface area contributed by atoms with E-state index in [0.29, 0.717) is 13.3 Å². The molecule has 0 aliphatic rings. The molecular formula is C13H22N2O2. The molecule has 3 N–H and O–H groups in total. The van der Waals surface area contributed by atoms with Gasteiger partial charge in [-0.25, -0.2) is 5.43 Å². The Labute approximate surface area is 103 Å². The van der Waals surface area contributed by atoms with Gasteiger partial charge in [-0.15, -0.1) is 0 Å². The fourth-order valence-corrected chi connectivity index (χ4v) is 1.48. The zero-order valence-corrected chi connectivity index (χ0v) is 10.2. The van der Waals surface area contributed by atoms with E-state index in [-0.39, 0.29) is 0 Å². The standard InChI is InChI=1S/C13H22N2O2/c14-15-12-17-10-6-2-5-9-16-11-13-7-3-1-4-8-13/h1,3-4,7-8,15H,2,5-6,9-12,14H2. The Morgan fingerprint density at radius 2 is 1.65 bits per heavy atom. The van der Waals surface area contributed by atoms with Gasteiger partial charge in [-0.3, -0.25) is 5.84 Å².